The molecule has 3 heteroatoms. The van der Waals surface area contributed by atoms with Crippen LogP contribution in [-0.4, -0.2) is 25.0 Å². The van der Waals surface area contributed by atoms with Crippen LogP contribution in [0.5, 0.6) is 0 Å². The summed E-state index contributed by atoms with van der Waals surface area (Å²) in [5.74, 6) is 0.983. The summed E-state index contributed by atoms with van der Waals surface area (Å²) in [5.41, 5.74) is 0. The van der Waals surface area contributed by atoms with Gasteiger partial charge in [0.15, 0.2) is 0 Å². The summed E-state index contributed by atoms with van der Waals surface area (Å²) in [7, 11) is 0. The van der Waals surface area contributed by atoms with Gasteiger partial charge in [0, 0.05) is 18.5 Å². The Bertz CT molecular complexity index is 204. The molecule has 2 atom stereocenters. The van der Waals surface area contributed by atoms with E-state index >= 15 is 0 Å². The van der Waals surface area contributed by atoms with Crippen LogP contribution < -0.4 is 10.6 Å². The predicted octanol–water partition coefficient (Wildman–Crippen LogP) is 1.54. The monoisotopic (exact) mass is 212 g/mol. The van der Waals surface area contributed by atoms with Crippen LogP contribution in [0, 0.1) is 11.8 Å². The summed E-state index contributed by atoms with van der Waals surface area (Å²) >= 11 is 0. The molecule has 0 aromatic carbocycles. The molecule has 1 fully saturated rings. The number of rotatable bonds is 4. The third-order valence-corrected chi connectivity index (χ3v) is 3.27. The SMILES string of the molecule is CCC1CCCNC1CNC(=O)C(C)C. The highest BCUT2D eigenvalue weighted by Gasteiger charge is 2.23. The second kappa shape index (κ2) is 6.11. The van der Waals surface area contributed by atoms with Gasteiger partial charge >= 0.3 is 0 Å². The molecule has 1 aliphatic rings. The molecule has 0 aromatic rings. The molecular weight excluding hydrogens is 188 g/mol. The Balaban J connectivity index is 2.32. The zero-order chi connectivity index (χ0) is 11.3. The standard InChI is InChI=1S/C12H24N2O/c1-4-10-6-5-7-13-11(10)8-14-12(15)9(2)3/h9-11,13H,4-8H2,1-3H3,(H,14,15). The van der Waals surface area contributed by atoms with Crippen molar-refractivity contribution in [3.8, 4) is 0 Å². The van der Waals surface area contributed by atoms with Gasteiger partial charge in [-0.05, 0) is 25.3 Å². The van der Waals surface area contributed by atoms with Gasteiger partial charge in [-0.15, -0.1) is 0 Å². The van der Waals surface area contributed by atoms with Gasteiger partial charge in [-0.3, -0.25) is 4.79 Å². The van der Waals surface area contributed by atoms with Gasteiger partial charge < -0.3 is 10.6 Å². The molecule has 0 aliphatic carbocycles. The van der Waals surface area contributed by atoms with E-state index in [1.807, 2.05) is 13.8 Å². The van der Waals surface area contributed by atoms with E-state index in [4.69, 9.17) is 0 Å². The maximum atomic E-state index is 11.4. The van der Waals surface area contributed by atoms with E-state index in [0.29, 0.717) is 6.04 Å². The molecular formula is C12H24N2O. The van der Waals surface area contributed by atoms with E-state index in [0.717, 1.165) is 19.0 Å². The van der Waals surface area contributed by atoms with Crippen LogP contribution in [0.1, 0.15) is 40.0 Å². The molecule has 0 saturated carbocycles. The Hall–Kier alpha value is -0.570. The van der Waals surface area contributed by atoms with Crippen molar-refractivity contribution < 1.29 is 4.79 Å². The number of piperidine rings is 1. The predicted molar refractivity (Wildman–Crippen MR) is 62.7 cm³/mol. The van der Waals surface area contributed by atoms with Crippen molar-refractivity contribution in [2.24, 2.45) is 11.8 Å². The Labute approximate surface area is 93.0 Å². The number of nitrogens with one attached hydrogen (secondary N) is 2. The van der Waals surface area contributed by atoms with Gasteiger partial charge in [-0.2, -0.15) is 0 Å². The molecule has 1 aliphatic heterocycles. The van der Waals surface area contributed by atoms with Crippen molar-refractivity contribution in [2.45, 2.75) is 46.1 Å². The molecule has 2 unspecified atom stereocenters. The second-order valence-electron chi connectivity index (χ2n) is 4.77. The molecule has 15 heavy (non-hydrogen) atoms. The highest BCUT2D eigenvalue weighted by atomic mass is 16.1. The van der Waals surface area contributed by atoms with Gasteiger partial charge in [0.05, 0.1) is 0 Å². The van der Waals surface area contributed by atoms with Crippen molar-refractivity contribution in [2.75, 3.05) is 13.1 Å². The van der Waals surface area contributed by atoms with Crippen molar-refractivity contribution in [3.05, 3.63) is 0 Å². The zero-order valence-electron chi connectivity index (χ0n) is 10.2. The lowest BCUT2D eigenvalue weighted by Gasteiger charge is -2.32. The third-order valence-electron chi connectivity index (χ3n) is 3.27. The van der Waals surface area contributed by atoms with Crippen molar-refractivity contribution in [1.29, 1.82) is 0 Å². The molecule has 1 rings (SSSR count). The first-order chi connectivity index (χ1) is 7.15. The third kappa shape index (κ3) is 3.82. The van der Waals surface area contributed by atoms with E-state index in [9.17, 15) is 4.79 Å². The van der Waals surface area contributed by atoms with Crippen LogP contribution in [0.25, 0.3) is 0 Å². The van der Waals surface area contributed by atoms with Crippen molar-refractivity contribution >= 4 is 5.91 Å². The van der Waals surface area contributed by atoms with E-state index in [2.05, 4.69) is 17.6 Å². The molecule has 2 N–H and O–H groups in total. The van der Waals surface area contributed by atoms with Crippen LogP contribution >= 0.6 is 0 Å². The van der Waals surface area contributed by atoms with Gasteiger partial charge in [0.1, 0.15) is 0 Å². The minimum absolute atomic E-state index is 0.0914. The largest absolute Gasteiger partial charge is 0.354 e. The van der Waals surface area contributed by atoms with E-state index < -0.39 is 0 Å². The molecule has 3 nitrogen and oxygen atoms in total. The normalized spacial score (nSPS) is 26.7. The Morgan fingerprint density at radius 1 is 1.53 bits per heavy atom. The lowest BCUT2D eigenvalue weighted by molar-refractivity contribution is -0.124. The van der Waals surface area contributed by atoms with Crippen LogP contribution in [0.3, 0.4) is 0 Å². The minimum atomic E-state index is 0.0914. The van der Waals surface area contributed by atoms with Gasteiger partial charge in [0.2, 0.25) is 5.91 Å². The molecule has 0 bridgehead atoms. The Kier molecular flexibility index (Phi) is 5.09. The lowest BCUT2D eigenvalue weighted by Crippen LogP contribution is -2.49. The number of carbonyl (C=O) groups is 1. The average molecular weight is 212 g/mol. The van der Waals surface area contributed by atoms with Crippen LogP contribution in [0.2, 0.25) is 0 Å². The highest BCUT2D eigenvalue weighted by molar-refractivity contribution is 5.77. The second-order valence-corrected chi connectivity index (χ2v) is 4.77. The fraction of sp³-hybridized carbons (Fsp3) is 0.917. The van der Waals surface area contributed by atoms with E-state index in [-0.39, 0.29) is 11.8 Å². The summed E-state index contributed by atoms with van der Waals surface area (Å²) < 4.78 is 0. The van der Waals surface area contributed by atoms with E-state index in [1.165, 1.54) is 19.3 Å². The minimum Gasteiger partial charge on any atom is -0.354 e. The fourth-order valence-electron chi connectivity index (χ4n) is 2.16. The van der Waals surface area contributed by atoms with Crippen molar-refractivity contribution in [1.82, 2.24) is 10.6 Å². The van der Waals surface area contributed by atoms with Crippen molar-refractivity contribution in [3.63, 3.8) is 0 Å². The number of amides is 1. The van der Waals surface area contributed by atoms with Crippen LogP contribution in [0.15, 0.2) is 0 Å². The summed E-state index contributed by atoms with van der Waals surface area (Å²) in [4.78, 5) is 11.4. The summed E-state index contributed by atoms with van der Waals surface area (Å²) in [5, 5.41) is 6.51. The maximum Gasteiger partial charge on any atom is 0.222 e. The van der Waals surface area contributed by atoms with Gasteiger partial charge in [-0.1, -0.05) is 27.2 Å². The van der Waals surface area contributed by atoms with Gasteiger partial charge in [0.25, 0.3) is 0 Å². The first-order valence-corrected chi connectivity index (χ1v) is 6.16. The molecule has 0 spiro atoms. The smallest absolute Gasteiger partial charge is 0.222 e. The Morgan fingerprint density at radius 2 is 2.27 bits per heavy atom. The molecule has 0 radical (unpaired) electrons. The topological polar surface area (TPSA) is 41.1 Å². The molecule has 0 aromatic heterocycles. The molecule has 1 saturated heterocycles. The Morgan fingerprint density at radius 3 is 2.87 bits per heavy atom. The van der Waals surface area contributed by atoms with Crippen LogP contribution in [0.4, 0.5) is 0 Å². The highest BCUT2D eigenvalue weighted by Crippen LogP contribution is 2.19. The fourth-order valence-corrected chi connectivity index (χ4v) is 2.16. The summed E-state index contributed by atoms with van der Waals surface area (Å²) in [6, 6.07) is 0.478. The summed E-state index contributed by atoms with van der Waals surface area (Å²) in [6.45, 7) is 7.98. The van der Waals surface area contributed by atoms with Gasteiger partial charge in [-0.25, -0.2) is 0 Å². The number of carbonyl (C=O) groups excluding carboxylic acids is 1. The summed E-state index contributed by atoms with van der Waals surface area (Å²) in [6.07, 6.45) is 3.77. The van der Waals surface area contributed by atoms with Crippen LogP contribution in [-0.2, 0) is 4.79 Å². The lowest BCUT2D eigenvalue weighted by atomic mass is 9.88. The molecule has 1 amide bonds. The van der Waals surface area contributed by atoms with E-state index in [1.54, 1.807) is 0 Å². The number of hydrogen-bond acceptors (Lipinski definition) is 2. The molecule has 1 heterocycles. The quantitative estimate of drug-likeness (QED) is 0.742. The first-order valence-electron chi connectivity index (χ1n) is 6.16. The average Bonchev–Trinajstić information content (AvgIpc) is 2.26. The first kappa shape index (κ1) is 12.5. The maximum absolute atomic E-state index is 11.4. The molecule has 88 valence electrons. The number of hydrogen-bond donors (Lipinski definition) is 2. The zero-order valence-corrected chi connectivity index (χ0v) is 10.2.